The molecule has 4 rings (SSSR count). The molecule has 1 saturated heterocycles. The Hall–Kier alpha value is -3.41. The Labute approximate surface area is 167 Å². The van der Waals surface area contributed by atoms with Crippen LogP contribution in [0.15, 0.2) is 72.8 Å². The number of piperazine rings is 1. The van der Waals surface area contributed by atoms with Gasteiger partial charge in [-0.25, -0.2) is 8.78 Å². The number of hydrogen-bond acceptors (Lipinski definition) is 3. The van der Waals surface area contributed by atoms with Crippen LogP contribution in [-0.4, -0.2) is 37.0 Å². The second kappa shape index (κ2) is 8.31. The van der Waals surface area contributed by atoms with Gasteiger partial charge in [-0.3, -0.25) is 4.79 Å². The van der Waals surface area contributed by atoms with Crippen molar-refractivity contribution in [1.82, 2.24) is 4.90 Å². The van der Waals surface area contributed by atoms with E-state index in [0.717, 1.165) is 29.3 Å². The van der Waals surface area contributed by atoms with Crippen molar-refractivity contribution in [3.8, 4) is 11.5 Å². The standard InChI is InChI=1S/C23H20F2N2O2/c24-21-11-6-17(16-22(21)25)23(28)27-14-12-26(13-15-27)18-7-9-20(10-8-18)29-19-4-2-1-3-5-19/h1-11,16H,12-15H2. The van der Waals surface area contributed by atoms with Crippen molar-refractivity contribution >= 4 is 11.6 Å². The van der Waals surface area contributed by atoms with E-state index < -0.39 is 11.6 Å². The first-order valence-electron chi connectivity index (χ1n) is 9.42. The van der Waals surface area contributed by atoms with Gasteiger partial charge in [0.05, 0.1) is 0 Å². The van der Waals surface area contributed by atoms with Crippen molar-refractivity contribution < 1.29 is 18.3 Å². The maximum atomic E-state index is 13.4. The van der Waals surface area contributed by atoms with Crippen LogP contribution in [0.2, 0.25) is 0 Å². The monoisotopic (exact) mass is 394 g/mol. The number of rotatable bonds is 4. The van der Waals surface area contributed by atoms with Crippen LogP contribution in [0.1, 0.15) is 10.4 Å². The van der Waals surface area contributed by atoms with Crippen molar-refractivity contribution in [3.63, 3.8) is 0 Å². The second-order valence-corrected chi connectivity index (χ2v) is 6.82. The summed E-state index contributed by atoms with van der Waals surface area (Å²) in [6.07, 6.45) is 0. The van der Waals surface area contributed by atoms with Crippen molar-refractivity contribution in [2.75, 3.05) is 31.1 Å². The number of carbonyl (C=O) groups is 1. The molecule has 0 spiro atoms. The molecule has 29 heavy (non-hydrogen) atoms. The lowest BCUT2D eigenvalue weighted by Gasteiger charge is -2.36. The molecule has 1 aliphatic rings. The number of para-hydroxylation sites is 1. The van der Waals surface area contributed by atoms with Crippen molar-refractivity contribution in [2.45, 2.75) is 0 Å². The fourth-order valence-corrected chi connectivity index (χ4v) is 3.33. The van der Waals surface area contributed by atoms with Gasteiger partial charge in [-0.2, -0.15) is 0 Å². The summed E-state index contributed by atoms with van der Waals surface area (Å²) < 4.78 is 32.3. The van der Waals surface area contributed by atoms with Crippen molar-refractivity contribution in [2.24, 2.45) is 0 Å². The first-order valence-corrected chi connectivity index (χ1v) is 9.42. The molecule has 1 aliphatic heterocycles. The summed E-state index contributed by atoms with van der Waals surface area (Å²) in [5.41, 5.74) is 1.21. The van der Waals surface area contributed by atoms with Gasteiger partial charge in [0.15, 0.2) is 11.6 Å². The molecule has 0 aliphatic carbocycles. The fraction of sp³-hybridized carbons (Fsp3) is 0.174. The van der Waals surface area contributed by atoms with Gasteiger partial charge < -0.3 is 14.5 Å². The number of amides is 1. The lowest BCUT2D eigenvalue weighted by molar-refractivity contribution is 0.0746. The van der Waals surface area contributed by atoms with E-state index >= 15 is 0 Å². The Balaban J connectivity index is 1.35. The molecule has 1 amide bonds. The fourth-order valence-electron chi connectivity index (χ4n) is 3.33. The van der Waals surface area contributed by atoms with Gasteiger partial charge >= 0.3 is 0 Å². The van der Waals surface area contributed by atoms with Crippen LogP contribution in [0.25, 0.3) is 0 Å². The largest absolute Gasteiger partial charge is 0.457 e. The van der Waals surface area contributed by atoms with E-state index in [-0.39, 0.29) is 11.5 Å². The van der Waals surface area contributed by atoms with Crippen LogP contribution >= 0.6 is 0 Å². The summed E-state index contributed by atoms with van der Waals surface area (Å²) in [5, 5.41) is 0. The Bertz CT molecular complexity index is 986. The van der Waals surface area contributed by atoms with E-state index in [1.54, 1.807) is 4.90 Å². The second-order valence-electron chi connectivity index (χ2n) is 6.82. The van der Waals surface area contributed by atoms with Crippen LogP contribution in [0.4, 0.5) is 14.5 Å². The lowest BCUT2D eigenvalue weighted by Crippen LogP contribution is -2.48. The molecule has 0 atom stereocenters. The highest BCUT2D eigenvalue weighted by Gasteiger charge is 2.23. The topological polar surface area (TPSA) is 32.8 Å². The molecule has 3 aromatic carbocycles. The number of nitrogens with zero attached hydrogens (tertiary/aromatic N) is 2. The average Bonchev–Trinajstić information content (AvgIpc) is 2.77. The molecular formula is C23H20F2N2O2. The molecule has 1 fully saturated rings. The molecule has 0 radical (unpaired) electrons. The molecule has 6 heteroatoms. The van der Waals surface area contributed by atoms with E-state index in [4.69, 9.17) is 4.74 Å². The zero-order chi connectivity index (χ0) is 20.2. The van der Waals surface area contributed by atoms with E-state index in [9.17, 15) is 13.6 Å². The predicted octanol–water partition coefficient (Wildman–Crippen LogP) is 4.72. The molecule has 0 bridgehead atoms. The summed E-state index contributed by atoms with van der Waals surface area (Å²) in [4.78, 5) is 16.4. The average molecular weight is 394 g/mol. The number of benzene rings is 3. The minimum Gasteiger partial charge on any atom is -0.457 e. The van der Waals surface area contributed by atoms with E-state index in [2.05, 4.69) is 4.90 Å². The maximum absolute atomic E-state index is 13.4. The normalized spacial score (nSPS) is 14.0. The molecule has 4 nitrogen and oxygen atoms in total. The van der Waals surface area contributed by atoms with Gasteiger partial charge in [0.25, 0.3) is 5.91 Å². The Morgan fingerprint density at radius 1 is 0.759 bits per heavy atom. The summed E-state index contributed by atoms with van der Waals surface area (Å²) in [7, 11) is 0. The van der Waals surface area contributed by atoms with Crippen LogP contribution in [0.3, 0.4) is 0 Å². The molecular weight excluding hydrogens is 374 g/mol. The maximum Gasteiger partial charge on any atom is 0.254 e. The third kappa shape index (κ3) is 4.37. The third-order valence-electron chi connectivity index (χ3n) is 4.91. The number of anilines is 1. The number of carbonyl (C=O) groups excluding carboxylic acids is 1. The molecule has 0 saturated carbocycles. The van der Waals surface area contributed by atoms with Crippen LogP contribution in [-0.2, 0) is 0 Å². The predicted molar refractivity (Wildman–Crippen MR) is 107 cm³/mol. The minimum atomic E-state index is -1.01. The van der Waals surface area contributed by atoms with Gasteiger partial charge in [-0.15, -0.1) is 0 Å². The highest BCUT2D eigenvalue weighted by Crippen LogP contribution is 2.25. The molecule has 1 heterocycles. The van der Waals surface area contributed by atoms with Gasteiger partial charge in [-0.1, -0.05) is 18.2 Å². The minimum absolute atomic E-state index is 0.166. The number of halogens is 2. The third-order valence-corrected chi connectivity index (χ3v) is 4.91. The van der Waals surface area contributed by atoms with E-state index in [0.29, 0.717) is 26.2 Å². The summed E-state index contributed by atoms with van der Waals surface area (Å²) in [6.45, 7) is 2.35. The zero-order valence-electron chi connectivity index (χ0n) is 15.7. The highest BCUT2D eigenvalue weighted by molar-refractivity contribution is 5.94. The van der Waals surface area contributed by atoms with Crippen molar-refractivity contribution in [1.29, 1.82) is 0 Å². The molecule has 0 unspecified atom stereocenters. The SMILES string of the molecule is O=C(c1ccc(F)c(F)c1)N1CCN(c2ccc(Oc3ccccc3)cc2)CC1. The highest BCUT2D eigenvalue weighted by atomic mass is 19.2. The molecule has 3 aromatic rings. The number of hydrogen-bond donors (Lipinski definition) is 0. The zero-order valence-corrected chi connectivity index (χ0v) is 15.7. The van der Waals surface area contributed by atoms with E-state index in [1.807, 2.05) is 54.6 Å². The van der Waals surface area contributed by atoms with Crippen molar-refractivity contribution in [3.05, 3.63) is 90.0 Å². The summed E-state index contributed by atoms with van der Waals surface area (Å²) >= 11 is 0. The summed E-state index contributed by atoms with van der Waals surface area (Å²) in [6, 6.07) is 20.7. The Morgan fingerprint density at radius 3 is 2.07 bits per heavy atom. The molecule has 0 aromatic heterocycles. The number of ether oxygens (including phenoxy) is 1. The quantitative estimate of drug-likeness (QED) is 0.642. The first-order chi connectivity index (χ1) is 14.1. The van der Waals surface area contributed by atoms with Crippen LogP contribution in [0, 0.1) is 11.6 Å². The van der Waals surface area contributed by atoms with Crippen LogP contribution < -0.4 is 9.64 Å². The van der Waals surface area contributed by atoms with Gasteiger partial charge in [0.1, 0.15) is 11.5 Å². The lowest BCUT2D eigenvalue weighted by atomic mass is 10.1. The smallest absolute Gasteiger partial charge is 0.254 e. The molecule has 148 valence electrons. The van der Waals surface area contributed by atoms with Gasteiger partial charge in [0.2, 0.25) is 0 Å². The van der Waals surface area contributed by atoms with Crippen LogP contribution in [0.5, 0.6) is 11.5 Å². The Morgan fingerprint density at radius 2 is 1.41 bits per heavy atom. The van der Waals surface area contributed by atoms with E-state index in [1.165, 1.54) is 6.07 Å². The summed E-state index contributed by atoms with van der Waals surface area (Å²) in [5.74, 6) is -0.703. The van der Waals surface area contributed by atoms with Gasteiger partial charge in [0, 0.05) is 37.4 Å². The first kappa shape index (κ1) is 18.9. The Kier molecular flexibility index (Phi) is 5.42. The van der Waals surface area contributed by atoms with Gasteiger partial charge in [-0.05, 0) is 54.6 Å². The molecule has 0 N–H and O–H groups in total.